The maximum atomic E-state index is 12.2. The van der Waals surface area contributed by atoms with Crippen molar-refractivity contribution in [1.29, 1.82) is 0 Å². The fourth-order valence-corrected chi connectivity index (χ4v) is 3.32. The molecule has 19 heavy (non-hydrogen) atoms. The van der Waals surface area contributed by atoms with Crippen molar-refractivity contribution in [3.63, 3.8) is 0 Å². The summed E-state index contributed by atoms with van der Waals surface area (Å²) in [4.78, 5) is 26.1. The molecule has 1 atom stereocenters. The van der Waals surface area contributed by atoms with E-state index in [0.717, 1.165) is 30.6 Å². The average Bonchev–Trinajstić information content (AvgIpc) is 2.83. The first kappa shape index (κ1) is 12.5. The molecule has 1 saturated heterocycles. The van der Waals surface area contributed by atoms with Gasteiger partial charge in [0, 0.05) is 37.5 Å². The van der Waals surface area contributed by atoms with E-state index in [-0.39, 0.29) is 23.1 Å². The predicted octanol–water partition coefficient (Wildman–Crippen LogP) is 2.05. The molecule has 4 heteroatoms. The fraction of sp³-hybridized carbons (Fsp3) is 0.600. The number of fused-ring (bicyclic) bond motifs is 1. The Kier molecular flexibility index (Phi) is 2.59. The van der Waals surface area contributed by atoms with Crippen molar-refractivity contribution < 1.29 is 9.59 Å². The lowest BCUT2D eigenvalue weighted by Crippen LogP contribution is -2.30. The molecule has 1 fully saturated rings. The number of likely N-dealkylation sites (tertiary alicyclic amines) is 1. The molecule has 0 saturated carbocycles. The third-order valence-electron chi connectivity index (χ3n) is 4.34. The lowest BCUT2D eigenvalue weighted by molar-refractivity contribution is -0.129. The molecule has 0 bridgehead atoms. The van der Waals surface area contributed by atoms with Crippen LogP contribution in [0.5, 0.6) is 0 Å². The minimum absolute atomic E-state index is 0.00621. The number of hydrogen-bond acceptors (Lipinski definition) is 2. The van der Waals surface area contributed by atoms with Crippen LogP contribution in [0.2, 0.25) is 0 Å². The van der Waals surface area contributed by atoms with E-state index in [1.165, 1.54) is 0 Å². The van der Waals surface area contributed by atoms with Crippen molar-refractivity contribution in [3.8, 4) is 0 Å². The van der Waals surface area contributed by atoms with Crippen molar-refractivity contribution in [2.24, 2.45) is 5.41 Å². The average molecular weight is 260 g/mol. The molecular weight excluding hydrogens is 240 g/mol. The highest BCUT2D eigenvalue weighted by Gasteiger charge is 2.37. The minimum Gasteiger partial charge on any atom is -0.344 e. The van der Waals surface area contributed by atoms with E-state index < -0.39 is 0 Å². The molecule has 2 aliphatic rings. The van der Waals surface area contributed by atoms with Crippen LogP contribution >= 0.6 is 0 Å². The summed E-state index contributed by atoms with van der Waals surface area (Å²) in [6.07, 6.45) is 4.23. The molecule has 1 aromatic heterocycles. The lowest BCUT2D eigenvalue weighted by Gasteiger charge is -2.30. The van der Waals surface area contributed by atoms with E-state index >= 15 is 0 Å². The van der Waals surface area contributed by atoms with E-state index in [1.54, 1.807) is 4.90 Å². The van der Waals surface area contributed by atoms with E-state index in [4.69, 9.17) is 0 Å². The van der Waals surface area contributed by atoms with Crippen LogP contribution in [0.25, 0.3) is 0 Å². The summed E-state index contributed by atoms with van der Waals surface area (Å²) in [5.74, 6) is 0.373. The van der Waals surface area contributed by atoms with Crippen LogP contribution in [0.3, 0.4) is 0 Å². The molecule has 1 aliphatic carbocycles. The highest BCUT2D eigenvalue weighted by Crippen LogP contribution is 2.37. The van der Waals surface area contributed by atoms with Gasteiger partial charge in [-0.1, -0.05) is 13.8 Å². The molecule has 0 radical (unpaired) electrons. The molecule has 3 rings (SSSR count). The number of aromatic nitrogens is 1. The Morgan fingerprint density at radius 2 is 2.00 bits per heavy atom. The first-order valence-corrected chi connectivity index (χ1v) is 6.87. The van der Waals surface area contributed by atoms with Crippen LogP contribution in [0, 0.1) is 5.41 Å². The van der Waals surface area contributed by atoms with E-state index in [9.17, 15) is 9.59 Å². The van der Waals surface area contributed by atoms with E-state index in [2.05, 4.69) is 13.8 Å². The van der Waals surface area contributed by atoms with Gasteiger partial charge in [0.15, 0.2) is 5.78 Å². The second-order valence-corrected chi connectivity index (χ2v) is 6.59. The van der Waals surface area contributed by atoms with Crippen LogP contribution in [0.15, 0.2) is 12.3 Å². The normalized spacial score (nSPS) is 25.8. The van der Waals surface area contributed by atoms with Gasteiger partial charge in [0.25, 0.3) is 0 Å². The predicted molar refractivity (Wildman–Crippen MR) is 72.2 cm³/mol. The molecule has 1 unspecified atom stereocenters. The van der Waals surface area contributed by atoms with Gasteiger partial charge >= 0.3 is 0 Å². The summed E-state index contributed by atoms with van der Waals surface area (Å²) in [6, 6.07) is 1.77. The molecule has 0 spiro atoms. The molecule has 4 nitrogen and oxygen atoms in total. The van der Waals surface area contributed by atoms with Crippen LogP contribution in [-0.4, -0.2) is 34.7 Å². The Morgan fingerprint density at radius 3 is 2.63 bits per heavy atom. The molecule has 102 valence electrons. The fourth-order valence-electron chi connectivity index (χ4n) is 3.32. The van der Waals surface area contributed by atoms with Gasteiger partial charge in [0.05, 0.1) is 0 Å². The van der Waals surface area contributed by atoms with Crippen LogP contribution < -0.4 is 0 Å². The molecule has 1 aliphatic heterocycles. The molecule has 2 heterocycles. The Morgan fingerprint density at radius 1 is 1.26 bits per heavy atom. The number of carbonyl (C=O) groups excluding carboxylic acids is 2. The van der Waals surface area contributed by atoms with Gasteiger partial charge in [-0.15, -0.1) is 0 Å². The summed E-state index contributed by atoms with van der Waals surface area (Å²) < 4.78 is 2.04. The molecule has 1 aromatic rings. The van der Waals surface area contributed by atoms with Crippen LogP contribution in [0.4, 0.5) is 0 Å². The van der Waals surface area contributed by atoms with Gasteiger partial charge in [-0.05, 0) is 24.3 Å². The first-order chi connectivity index (χ1) is 8.89. The van der Waals surface area contributed by atoms with Crippen molar-refractivity contribution in [2.75, 3.05) is 13.6 Å². The monoisotopic (exact) mass is 260 g/mol. The Balaban J connectivity index is 2.02. The number of likely N-dealkylation sites (N-methyl/N-ethyl adjacent to an activating group) is 1. The standard InChI is InChI=1S/C15H20N2O2/c1-15(2)8-12-10(13(18)9-15)4-7-17(12)11-5-6-16(3)14(11)19/h4,7,11H,5-6,8-9H2,1-3H3. The highest BCUT2D eigenvalue weighted by molar-refractivity contribution is 5.99. The number of hydrogen-bond donors (Lipinski definition) is 0. The van der Waals surface area contributed by atoms with Crippen molar-refractivity contribution in [3.05, 3.63) is 23.5 Å². The summed E-state index contributed by atoms with van der Waals surface area (Å²) in [7, 11) is 1.84. The molecule has 0 aromatic carbocycles. The van der Waals surface area contributed by atoms with Gasteiger partial charge < -0.3 is 9.47 Å². The third kappa shape index (κ3) is 1.90. The number of rotatable bonds is 1. The number of ketones is 1. The topological polar surface area (TPSA) is 42.3 Å². The largest absolute Gasteiger partial charge is 0.344 e. The van der Waals surface area contributed by atoms with Gasteiger partial charge in [-0.2, -0.15) is 0 Å². The Bertz CT molecular complexity index is 556. The maximum absolute atomic E-state index is 12.2. The van der Waals surface area contributed by atoms with Crippen molar-refractivity contribution in [1.82, 2.24) is 9.47 Å². The van der Waals surface area contributed by atoms with Gasteiger partial charge in [0.2, 0.25) is 5.91 Å². The van der Waals surface area contributed by atoms with Crippen LogP contribution in [-0.2, 0) is 11.2 Å². The zero-order valence-corrected chi connectivity index (χ0v) is 11.8. The second kappa shape index (κ2) is 3.95. The van der Waals surface area contributed by atoms with Crippen molar-refractivity contribution >= 4 is 11.7 Å². The molecule has 0 N–H and O–H groups in total. The highest BCUT2D eigenvalue weighted by atomic mass is 16.2. The smallest absolute Gasteiger partial charge is 0.245 e. The zero-order chi connectivity index (χ0) is 13.8. The number of Topliss-reactive ketones (excluding diaryl/α,β-unsaturated/α-hetero) is 1. The lowest BCUT2D eigenvalue weighted by atomic mass is 9.76. The first-order valence-electron chi connectivity index (χ1n) is 6.87. The number of amides is 1. The SMILES string of the molecule is CN1CCC(n2ccc3c2CC(C)(C)CC3=O)C1=O. The summed E-state index contributed by atoms with van der Waals surface area (Å²) >= 11 is 0. The minimum atomic E-state index is -0.115. The Hall–Kier alpha value is -1.58. The summed E-state index contributed by atoms with van der Waals surface area (Å²) in [5.41, 5.74) is 1.87. The van der Waals surface area contributed by atoms with E-state index in [0.29, 0.717) is 6.42 Å². The summed E-state index contributed by atoms with van der Waals surface area (Å²) in [5, 5.41) is 0. The van der Waals surface area contributed by atoms with Gasteiger partial charge in [0.1, 0.15) is 6.04 Å². The Labute approximate surface area is 113 Å². The molecular formula is C15H20N2O2. The quantitative estimate of drug-likeness (QED) is 0.775. The number of nitrogens with zero attached hydrogens (tertiary/aromatic N) is 2. The second-order valence-electron chi connectivity index (χ2n) is 6.59. The zero-order valence-electron chi connectivity index (χ0n) is 11.8. The van der Waals surface area contributed by atoms with Gasteiger partial charge in [-0.3, -0.25) is 9.59 Å². The third-order valence-corrected chi connectivity index (χ3v) is 4.34. The number of carbonyl (C=O) groups is 2. The van der Waals surface area contributed by atoms with Gasteiger partial charge in [-0.25, -0.2) is 0 Å². The summed E-state index contributed by atoms with van der Waals surface area (Å²) in [6.45, 7) is 5.04. The van der Waals surface area contributed by atoms with Crippen molar-refractivity contribution in [2.45, 2.75) is 39.2 Å². The van der Waals surface area contributed by atoms with Crippen LogP contribution in [0.1, 0.15) is 48.8 Å². The molecule has 1 amide bonds. The maximum Gasteiger partial charge on any atom is 0.245 e. The van der Waals surface area contributed by atoms with E-state index in [1.807, 2.05) is 23.9 Å².